The molecule has 7 heteroatoms. The van der Waals surface area contributed by atoms with Gasteiger partial charge in [0.1, 0.15) is 0 Å². The van der Waals surface area contributed by atoms with Crippen LogP contribution in [0.2, 0.25) is 0 Å². The minimum atomic E-state index is -0.669. The normalized spacial score (nSPS) is 14.2. The van der Waals surface area contributed by atoms with Crippen molar-refractivity contribution < 1.29 is 14.4 Å². The molecule has 1 aliphatic rings. The number of carbonyl (C=O) groups excluding carboxylic acids is 3. The molecule has 2 aromatic carbocycles. The quantitative estimate of drug-likeness (QED) is 0.714. The van der Waals surface area contributed by atoms with Gasteiger partial charge in [-0.05, 0) is 36.2 Å². The van der Waals surface area contributed by atoms with E-state index in [2.05, 4.69) is 22.5 Å². The number of piperazine rings is 1. The third-order valence-electron chi connectivity index (χ3n) is 5.22. The first-order valence-corrected chi connectivity index (χ1v) is 10.3. The van der Waals surface area contributed by atoms with Crippen LogP contribution in [0.25, 0.3) is 0 Å². The van der Waals surface area contributed by atoms with Crippen molar-refractivity contribution in [3.8, 4) is 0 Å². The molecule has 0 bridgehead atoms. The third kappa shape index (κ3) is 5.90. The van der Waals surface area contributed by atoms with E-state index in [1.54, 1.807) is 12.1 Å². The number of nitrogens with one attached hydrogen (secondary N) is 2. The second kappa shape index (κ2) is 10.5. The van der Waals surface area contributed by atoms with Crippen molar-refractivity contribution >= 4 is 23.4 Å². The number of hydrogen-bond acceptors (Lipinski definition) is 4. The average Bonchev–Trinajstić information content (AvgIpc) is 2.80. The molecule has 0 saturated carbocycles. The smallest absolute Gasteiger partial charge is 0.313 e. The Morgan fingerprint density at radius 1 is 0.867 bits per heavy atom. The molecule has 30 heavy (non-hydrogen) atoms. The van der Waals surface area contributed by atoms with E-state index in [0.29, 0.717) is 37.4 Å². The Labute approximate surface area is 177 Å². The molecule has 2 aromatic rings. The second-order valence-corrected chi connectivity index (χ2v) is 7.26. The van der Waals surface area contributed by atoms with E-state index in [1.165, 1.54) is 5.56 Å². The molecule has 3 amide bonds. The summed E-state index contributed by atoms with van der Waals surface area (Å²) in [7, 11) is 0. The fraction of sp³-hybridized carbons (Fsp3) is 0.348. The van der Waals surface area contributed by atoms with Crippen LogP contribution in [-0.2, 0) is 16.0 Å². The SMILES string of the molecule is CCc1ccc(NC(=O)C(=O)NCCN2CCN(C(=O)c3ccccc3)CC2)cc1. The Morgan fingerprint density at radius 2 is 1.53 bits per heavy atom. The van der Waals surface area contributed by atoms with Crippen molar-refractivity contribution in [1.29, 1.82) is 0 Å². The maximum atomic E-state index is 12.5. The number of anilines is 1. The number of nitrogens with zero attached hydrogens (tertiary/aromatic N) is 2. The first-order chi connectivity index (χ1) is 14.6. The summed E-state index contributed by atoms with van der Waals surface area (Å²) in [5.74, 6) is -1.27. The van der Waals surface area contributed by atoms with Crippen LogP contribution in [0.3, 0.4) is 0 Å². The average molecular weight is 409 g/mol. The fourth-order valence-electron chi connectivity index (χ4n) is 3.36. The van der Waals surface area contributed by atoms with E-state index in [0.717, 1.165) is 19.5 Å². The van der Waals surface area contributed by atoms with E-state index in [4.69, 9.17) is 0 Å². The van der Waals surface area contributed by atoms with Crippen LogP contribution in [-0.4, -0.2) is 66.8 Å². The maximum absolute atomic E-state index is 12.5. The zero-order valence-corrected chi connectivity index (χ0v) is 17.3. The van der Waals surface area contributed by atoms with Crippen LogP contribution in [0.1, 0.15) is 22.8 Å². The van der Waals surface area contributed by atoms with E-state index in [9.17, 15) is 14.4 Å². The number of rotatable bonds is 6. The van der Waals surface area contributed by atoms with Gasteiger partial charge >= 0.3 is 11.8 Å². The molecule has 7 nitrogen and oxygen atoms in total. The van der Waals surface area contributed by atoms with Crippen molar-refractivity contribution in [2.45, 2.75) is 13.3 Å². The Morgan fingerprint density at radius 3 is 2.17 bits per heavy atom. The summed E-state index contributed by atoms with van der Waals surface area (Å²) in [5.41, 5.74) is 2.48. The van der Waals surface area contributed by atoms with Crippen LogP contribution < -0.4 is 10.6 Å². The van der Waals surface area contributed by atoms with Gasteiger partial charge in [0, 0.05) is 50.5 Å². The molecular formula is C23H28N4O3. The van der Waals surface area contributed by atoms with Crippen LogP contribution in [0, 0.1) is 0 Å². The molecule has 158 valence electrons. The van der Waals surface area contributed by atoms with Crippen molar-refractivity contribution in [1.82, 2.24) is 15.1 Å². The molecule has 0 aromatic heterocycles. The zero-order valence-electron chi connectivity index (χ0n) is 17.3. The Hall–Kier alpha value is -3.19. The van der Waals surface area contributed by atoms with Crippen molar-refractivity contribution in [2.75, 3.05) is 44.6 Å². The summed E-state index contributed by atoms with van der Waals surface area (Å²) in [6.45, 7) is 5.86. The van der Waals surface area contributed by atoms with Crippen LogP contribution >= 0.6 is 0 Å². The topological polar surface area (TPSA) is 81.8 Å². The number of benzene rings is 2. The first-order valence-electron chi connectivity index (χ1n) is 10.3. The van der Waals surface area contributed by atoms with Crippen LogP contribution in [0.5, 0.6) is 0 Å². The molecule has 0 spiro atoms. The largest absolute Gasteiger partial charge is 0.347 e. The summed E-state index contributed by atoms with van der Waals surface area (Å²) in [4.78, 5) is 40.5. The molecule has 0 aliphatic carbocycles. The standard InChI is InChI=1S/C23H28N4O3/c1-2-18-8-10-20(11-9-18)25-22(29)21(28)24-12-13-26-14-16-27(17-15-26)23(30)19-6-4-3-5-7-19/h3-11H,2,12-17H2,1H3,(H,24,28)(H,25,29). The third-order valence-corrected chi connectivity index (χ3v) is 5.22. The molecule has 1 fully saturated rings. The van der Waals surface area contributed by atoms with Crippen molar-refractivity contribution in [3.05, 3.63) is 65.7 Å². The lowest BCUT2D eigenvalue weighted by Gasteiger charge is -2.34. The second-order valence-electron chi connectivity index (χ2n) is 7.26. The molecule has 0 unspecified atom stereocenters. The highest BCUT2D eigenvalue weighted by molar-refractivity contribution is 6.39. The molecule has 3 rings (SSSR count). The van der Waals surface area contributed by atoms with Crippen molar-refractivity contribution in [2.24, 2.45) is 0 Å². The maximum Gasteiger partial charge on any atom is 0.313 e. The van der Waals surface area contributed by atoms with E-state index < -0.39 is 11.8 Å². The molecule has 1 aliphatic heterocycles. The first kappa shape index (κ1) is 21.5. The lowest BCUT2D eigenvalue weighted by atomic mass is 10.1. The Kier molecular flexibility index (Phi) is 7.57. The van der Waals surface area contributed by atoms with Gasteiger partial charge < -0.3 is 15.5 Å². The summed E-state index contributed by atoms with van der Waals surface area (Å²) < 4.78 is 0. The van der Waals surface area contributed by atoms with Crippen LogP contribution in [0.15, 0.2) is 54.6 Å². The highest BCUT2D eigenvalue weighted by Crippen LogP contribution is 2.10. The van der Waals surface area contributed by atoms with Gasteiger partial charge in [-0.2, -0.15) is 0 Å². The van der Waals surface area contributed by atoms with Gasteiger partial charge in [0.25, 0.3) is 5.91 Å². The molecule has 1 saturated heterocycles. The van der Waals surface area contributed by atoms with Gasteiger partial charge in [-0.25, -0.2) is 0 Å². The van der Waals surface area contributed by atoms with E-state index in [-0.39, 0.29) is 5.91 Å². The van der Waals surface area contributed by atoms with Crippen molar-refractivity contribution in [3.63, 3.8) is 0 Å². The highest BCUT2D eigenvalue weighted by atomic mass is 16.2. The molecule has 0 atom stereocenters. The highest BCUT2D eigenvalue weighted by Gasteiger charge is 2.22. The predicted molar refractivity (Wildman–Crippen MR) is 116 cm³/mol. The Bertz CT molecular complexity index is 860. The van der Waals surface area contributed by atoms with Gasteiger partial charge in [0.2, 0.25) is 0 Å². The van der Waals surface area contributed by atoms with Crippen LogP contribution in [0.4, 0.5) is 5.69 Å². The molecular weight excluding hydrogens is 380 g/mol. The number of hydrogen-bond donors (Lipinski definition) is 2. The lowest BCUT2D eigenvalue weighted by Crippen LogP contribution is -2.50. The van der Waals surface area contributed by atoms with Gasteiger partial charge in [0.15, 0.2) is 0 Å². The molecule has 0 radical (unpaired) electrons. The predicted octanol–water partition coefficient (Wildman–Crippen LogP) is 1.76. The van der Waals surface area contributed by atoms with E-state index >= 15 is 0 Å². The van der Waals surface area contributed by atoms with Gasteiger partial charge in [0.05, 0.1) is 0 Å². The van der Waals surface area contributed by atoms with E-state index in [1.807, 2.05) is 47.4 Å². The minimum Gasteiger partial charge on any atom is -0.347 e. The van der Waals surface area contributed by atoms with Gasteiger partial charge in [-0.1, -0.05) is 37.3 Å². The lowest BCUT2D eigenvalue weighted by molar-refractivity contribution is -0.136. The minimum absolute atomic E-state index is 0.0483. The summed E-state index contributed by atoms with van der Waals surface area (Å²) in [5, 5.41) is 5.27. The number of amides is 3. The van der Waals surface area contributed by atoms with Gasteiger partial charge in [-0.15, -0.1) is 0 Å². The number of carbonyl (C=O) groups is 3. The summed E-state index contributed by atoms with van der Waals surface area (Å²) in [6.07, 6.45) is 0.920. The fourth-order valence-corrected chi connectivity index (χ4v) is 3.36. The summed E-state index contributed by atoms with van der Waals surface area (Å²) >= 11 is 0. The number of aryl methyl sites for hydroxylation is 1. The zero-order chi connectivity index (χ0) is 21.3. The summed E-state index contributed by atoms with van der Waals surface area (Å²) in [6, 6.07) is 16.7. The molecule has 2 N–H and O–H groups in total. The molecule has 1 heterocycles. The Balaban J connectivity index is 1.35. The van der Waals surface area contributed by atoms with Gasteiger partial charge in [-0.3, -0.25) is 19.3 Å². The monoisotopic (exact) mass is 408 g/mol.